The molecule has 10 heteroatoms. The van der Waals surface area contributed by atoms with Crippen LogP contribution in [0.1, 0.15) is 87.9 Å². The molecule has 288 valence electrons. The zero-order valence-corrected chi connectivity index (χ0v) is 32.0. The minimum absolute atomic E-state index is 0.103. The molecule has 4 heterocycles. The van der Waals surface area contributed by atoms with E-state index in [2.05, 4.69) is 81.5 Å². The number of allylic oxidation sites excluding steroid dienone is 1. The highest BCUT2D eigenvalue weighted by atomic mass is 16.3. The minimum Gasteiger partial charge on any atom is -0.508 e. The van der Waals surface area contributed by atoms with Gasteiger partial charge in [0.05, 0.1) is 11.1 Å². The molecule has 2 N–H and O–H groups in total. The lowest BCUT2D eigenvalue weighted by atomic mass is 9.85. The van der Waals surface area contributed by atoms with Crippen LogP contribution in [0.4, 0.5) is 5.69 Å². The predicted octanol–water partition coefficient (Wildman–Crippen LogP) is 6.16. The van der Waals surface area contributed by atoms with Crippen molar-refractivity contribution in [1.29, 1.82) is 0 Å². The molecule has 4 aliphatic heterocycles. The number of piperazine rings is 1. The Balaban J connectivity index is 0.833. The third-order valence-electron chi connectivity index (χ3n) is 12.1. The standard InChI is InChI=1S/C46H49N5O5/c1-2-38(33-6-4-3-5-7-33)43(35-12-15-37(52)16-13-35)34-10-8-31(9-11-34)32-20-22-48(23-21-32)24-25-49-26-28-50(29-27-49)36-14-17-39-40(30-36)46(56)51(45(39)55)41-18-19-42(53)47-44(41)54/h3-17,30,32,41,52H,2,18-29H2,1H3,(H,47,53,54). The van der Waals surface area contributed by atoms with Crippen LogP contribution in [0.25, 0.3) is 11.1 Å². The molecule has 0 aromatic heterocycles. The van der Waals surface area contributed by atoms with Gasteiger partial charge in [-0.05, 0) is 108 Å². The van der Waals surface area contributed by atoms with Gasteiger partial charge in [0, 0.05) is 51.4 Å². The van der Waals surface area contributed by atoms with Gasteiger partial charge in [-0.2, -0.15) is 0 Å². The second-order valence-electron chi connectivity index (χ2n) is 15.4. The van der Waals surface area contributed by atoms with Crippen LogP contribution in [0.2, 0.25) is 0 Å². The van der Waals surface area contributed by atoms with Crippen LogP contribution in [0, 0.1) is 0 Å². The molecular formula is C46H49N5O5. The van der Waals surface area contributed by atoms with Crippen LogP contribution in [-0.4, -0.2) is 102 Å². The van der Waals surface area contributed by atoms with E-state index >= 15 is 0 Å². The number of piperidine rings is 2. The zero-order valence-electron chi connectivity index (χ0n) is 32.0. The SMILES string of the molecule is CCC(=C(c1ccc(O)cc1)c1ccc(C2CCN(CCN3CCN(c4ccc5c(c4)C(=O)N(C4CCC(=O)NC4=O)C5=O)CC3)CC2)cc1)c1ccccc1. The van der Waals surface area contributed by atoms with E-state index < -0.39 is 23.8 Å². The van der Waals surface area contributed by atoms with Gasteiger partial charge in [0.25, 0.3) is 11.8 Å². The Bertz CT molecular complexity index is 2130. The number of rotatable bonds is 10. The summed E-state index contributed by atoms with van der Waals surface area (Å²) in [5.41, 5.74) is 8.93. The molecule has 56 heavy (non-hydrogen) atoms. The Kier molecular flexibility index (Phi) is 10.8. The number of phenols is 1. The van der Waals surface area contributed by atoms with Crippen molar-refractivity contribution in [2.45, 2.75) is 51.0 Å². The fourth-order valence-electron chi connectivity index (χ4n) is 8.89. The van der Waals surface area contributed by atoms with Crippen molar-refractivity contribution in [3.8, 4) is 5.75 Å². The molecule has 4 aromatic carbocycles. The number of aromatic hydroxyl groups is 1. The number of hydrogen-bond donors (Lipinski definition) is 2. The van der Waals surface area contributed by atoms with Crippen LogP contribution in [0.3, 0.4) is 0 Å². The second-order valence-corrected chi connectivity index (χ2v) is 15.4. The molecule has 3 fully saturated rings. The summed E-state index contributed by atoms with van der Waals surface area (Å²) in [6, 6.07) is 31.7. The molecule has 0 saturated carbocycles. The number of amides is 4. The summed E-state index contributed by atoms with van der Waals surface area (Å²) in [6.45, 7) is 9.90. The Morgan fingerprint density at radius 3 is 1.95 bits per heavy atom. The lowest BCUT2D eigenvalue weighted by Crippen LogP contribution is -2.54. The molecule has 1 unspecified atom stereocenters. The van der Waals surface area contributed by atoms with Gasteiger partial charge < -0.3 is 14.9 Å². The van der Waals surface area contributed by atoms with E-state index in [1.807, 2.05) is 18.2 Å². The zero-order chi connectivity index (χ0) is 38.8. The van der Waals surface area contributed by atoms with E-state index in [0.29, 0.717) is 17.0 Å². The maximum Gasteiger partial charge on any atom is 0.262 e. The fourth-order valence-corrected chi connectivity index (χ4v) is 8.89. The Morgan fingerprint density at radius 2 is 1.30 bits per heavy atom. The van der Waals surface area contributed by atoms with Crippen LogP contribution in [-0.2, 0) is 9.59 Å². The first kappa shape index (κ1) is 37.3. The van der Waals surface area contributed by atoms with Gasteiger partial charge in [-0.1, -0.05) is 73.7 Å². The molecule has 1 atom stereocenters. The summed E-state index contributed by atoms with van der Waals surface area (Å²) < 4.78 is 0. The van der Waals surface area contributed by atoms with Crippen molar-refractivity contribution >= 4 is 40.5 Å². The molecule has 0 radical (unpaired) electrons. The van der Waals surface area contributed by atoms with E-state index in [9.17, 15) is 24.3 Å². The summed E-state index contributed by atoms with van der Waals surface area (Å²) >= 11 is 0. The predicted molar refractivity (Wildman–Crippen MR) is 217 cm³/mol. The van der Waals surface area contributed by atoms with Crippen molar-refractivity contribution in [3.63, 3.8) is 0 Å². The summed E-state index contributed by atoms with van der Waals surface area (Å²) in [6.07, 6.45) is 3.42. The first-order valence-electron chi connectivity index (χ1n) is 20.0. The molecular weight excluding hydrogens is 703 g/mol. The number of fused-ring (bicyclic) bond motifs is 1. The molecule has 0 spiro atoms. The van der Waals surface area contributed by atoms with E-state index in [-0.39, 0.29) is 24.5 Å². The first-order chi connectivity index (χ1) is 27.3. The highest BCUT2D eigenvalue weighted by Gasteiger charge is 2.44. The van der Waals surface area contributed by atoms with E-state index in [0.717, 1.165) is 87.8 Å². The Labute approximate surface area is 328 Å². The number of imide groups is 2. The normalized spacial score (nSPS) is 20.3. The minimum atomic E-state index is -0.960. The summed E-state index contributed by atoms with van der Waals surface area (Å²) in [4.78, 5) is 58.9. The number of likely N-dealkylation sites (tertiary alicyclic amines) is 1. The van der Waals surface area contributed by atoms with Crippen LogP contribution >= 0.6 is 0 Å². The molecule has 3 saturated heterocycles. The van der Waals surface area contributed by atoms with Gasteiger partial charge in [-0.25, -0.2) is 0 Å². The number of phenolic OH excluding ortho intramolecular Hbond substituents is 1. The van der Waals surface area contributed by atoms with E-state index in [4.69, 9.17) is 0 Å². The molecule has 4 aromatic rings. The largest absolute Gasteiger partial charge is 0.508 e. The number of hydrogen-bond acceptors (Lipinski definition) is 8. The fraction of sp³-hybridized carbons (Fsp3) is 0.348. The average Bonchev–Trinajstić information content (AvgIpc) is 3.48. The highest BCUT2D eigenvalue weighted by Crippen LogP contribution is 2.37. The molecule has 0 aliphatic carbocycles. The monoisotopic (exact) mass is 751 g/mol. The maximum atomic E-state index is 13.3. The summed E-state index contributed by atoms with van der Waals surface area (Å²) in [7, 11) is 0. The van der Waals surface area contributed by atoms with Gasteiger partial charge in [-0.15, -0.1) is 0 Å². The highest BCUT2D eigenvalue weighted by molar-refractivity contribution is 6.23. The molecule has 0 bridgehead atoms. The summed E-state index contributed by atoms with van der Waals surface area (Å²) in [5, 5.41) is 12.3. The Morgan fingerprint density at radius 1 is 0.679 bits per heavy atom. The van der Waals surface area contributed by atoms with Crippen molar-refractivity contribution in [1.82, 2.24) is 20.0 Å². The first-order valence-corrected chi connectivity index (χ1v) is 20.0. The number of carbonyl (C=O) groups excluding carboxylic acids is 4. The van der Waals surface area contributed by atoms with Crippen LogP contribution in [0.15, 0.2) is 97.1 Å². The average molecular weight is 752 g/mol. The van der Waals surface area contributed by atoms with Crippen molar-refractivity contribution in [3.05, 3.63) is 130 Å². The number of benzene rings is 4. The van der Waals surface area contributed by atoms with Gasteiger partial charge in [0.1, 0.15) is 11.8 Å². The van der Waals surface area contributed by atoms with Crippen molar-refractivity contribution in [2.24, 2.45) is 0 Å². The molecule has 4 amide bonds. The maximum absolute atomic E-state index is 13.3. The van der Waals surface area contributed by atoms with Crippen molar-refractivity contribution < 1.29 is 24.3 Å². The molecule has 10 nitrogen and oxygen atoms in total. The van der Waals surface area contributed by atoms with Gasteiger partial charge in [0.15, 0.2) is 0 Å². The van der Waals surface area contributed by atoms with Crippen LogP contribution < -0.4 is 10.2 Å². The molecule has 4 aliphatic rings. The quantitative estimate of drug-likeness (QED) is 0.146. The number of nitrogens with one attached hydrogen (secondary N) is 1. The second kappa shape index (κ2) is 16.3. The van der Waals surface area contributed by atoms with E-state index in [1.54, 1.807) is 24.3 Å². The third kappa shape index (κ3) is 7.63. The lowest BCUT2D eigenvalue weighted by molar-refractivity contribution is -0.136. The number of anilines is 1. The third-order valence-corrected chi connectivity index (χ3v) is 12.1. The van der Waals surface area contributed by atoms with Crippen LogP contribution in [0.5, 0.6) is 5.75 Å². The smallest absolute Gasteiger partial charge is 0.262 e. The van der Waals surface area contributed by atoms with Gasteiger partial charge in [-0.3, -0.25) is 34.3 Å². The van der Waals surface area contributed by atoms with Crippen molar-refractivity contribution in [2.75, 3.05) is 57.3 Å². The van der Waals surface area contributed by atoms with E-state index in [1.165, 1.54) is 27.8 Å². The number of carbonyl (C=O) groups is 4. The van der Waals surface area contributed by atoms with Gasteiger partial charge >= 0.3 is 0 Å². The topological polar surface area (TPSA) is 114 Å². The van der Waals surface area contributed by atoms with Gasteiger partial charge in [0.2, 0.25) is 11.8 Å². The number of nitrogens with zero attached hydrogens (tertiary/aromatic N) is 4. The Hall–Kier alpha value is -5.58. The molecule has 8 rings (SSSR count). The summed E-state index contributed by atoms with van der Waals surface area (Å²) in [5.74, 6) is -1.12. The lowest BCUT2D eigenvalue weighted by Gasteiger charge is -2.38.